The van der Waals surface area contributed by atoms with Gasteiger partial charge in [-0.15, -0.1) is 0 Å². The number of amides is 1. The molecule has 0 bridgehead atoms. The standard InChI is InChI=1S/C14H20N2O3/c1-2-19-10-5-4-8-16(9-10)14(18)11-6-3-7-12(15)13(11)17/h3,6-7,10,17H,2,4-5,8-9,15H2,1H3. The molecule has 1 atom stereocenters. The van der Waals surface area contributed by atoms with Gasteiger partial charge >= 0.3 is 0 Å². The topological polar surface area (TPSA) is 75.8 Å². The average molecular weight is 264 g/mol. The van der Waals surface area contributed by atoms with Crippen LogP contribution in [0.5, 0.6) is 5.75 Å². The molecule has 1 aliphatic rings. The largest absolute Gasteiger partial charge is 0.505 e. The molecule has 0 saturated carbocycles. The summed E-state index contributed by atoms with van der Waals surface area (Å²) in [5.74, 6) is -0.319. The highest BCUT2D eigenvalue weighted by atomic mass is 16.5. The van der Waals surface area contributed by atoms with Crippen LogP contribution in [0.4, 0.5) is 5.69 Å². The van der Waals surface area contributed by atoms with E-state index in [2.05, 4.69) is 0 Å². The third kappa shape index (κ3) is 2.98. The van der Waals surface area contributed by atoms with Gasteiger partial charge in [0.15, 0.2) is 5.75 Å². The van der Waals surface area contributed by atoms with Crippen LogP contribution in [0.15, 0.2) is 18.2 Å². The lowest BCUT2D eigenvalue weighted by atomic mass is 10.1. The van der Waals surface area contributed by atoms with E-state index >= 15 is 0 Å². The fourth-order valence-electron chi connectivity index (χ4n) is 2.40. The Labute approximate surface area is 113 Å². The van der Waals surface area contributed by atoms with Gasteiger partial charge in [-0.1, -0.05) is 6.07 Å². The molecule has 0 aromatic heterocycles. The summed E-state index contributed by atoms with van der Waals surface area (Å²) in [7, 11) is 0. The molecule has 0 aliphatic carbocycles. The van der Waals surface area contributed by atoms with Crippen LogP contribution in [0.25, 0.3) is 0 Å². The molecule has 1 unspecified atom stereocenters. The number of phenolic OH excluding ortho intramolecular Hbond substituents is 1. The van der Waals surface area contributed by atoms with Crippen LogP contribution in [0, 0.1) is 0 Å². The monoisotopic (exact) mass is 264 g/mol. The van der Waals surface area contributed by atoms with Crippen molar-refractivity contribution in [3.8, 4) is 5.75 Å². The molecule has 1 aromatic carbocycles. The van der Waals surface area contributed by atoms with E-state index in [4.69, 9.17) is 10.5 Å². The average Bonchev–Trinajstić information content (AvgIpc) is 2.42. The lowest BCUT2D eigenvalue weighted by Crippen LogP contribution is -2.43. The van der Waals surface area contributed by atoms with Gasteiger partial charge in [-0.3, -0.25) is 4.79 Å². The van der Waals surface area contributed by atoms with Crippen molar-refractivity contribution < 1.29 is 14.6 Å². The maximum absolute atomic E-state index is 12.4. The Bertz CT molecular complexity index is 460. The summed E-state index contributed by atoms with van der Waals surface area (Å²) in [4.78, 5) is 14.1. The van der Waals surface area contributed by atoms with Gasteiger partial charge in [0.25, 0.3) is 5.91 Å². The van der Waals surface area contributed by atoms with Gasteiger partial charge in [0.2, 0.25) is 0 Å². The highest BCUT2D eigenvalue weighted by Crippen LogP contribution is 2.26. The fourth-order valence-corrected chi connectivity index (χ4v) is 2.40. The number of nitrogens with zero attached hydrogens (tertiary/aromatic N) is 1. The fraction of sp³-hybridized carbons (Fsp3) is 0.500. The van der Waals surface area contributed by atoms with E-state index in [0.29, 0.717) is 19.7 Å². The molecule has 5 nitrogen and oxygen atoms in total. The van der Waals surface area contributed by atoms with Gasteiger partial charge in [-0.25, -0.2) is 0 Å². The van der Waals surface area contributed by atoms with Crippen LogP contribution in [0.2, 0.25) is 0 Å². The number of hydrogen-bond donors (Lipinski definition) is 2. The molecule has 1 amide bonds. The van der Waals surface area contributed by atoms with Crippen molar-refractivity contribution in [3.05, 3.63) is 23.8 Å². The van der Waals surface area contributed by atoms with Crippen molar-refractivity contribution in [2.75, 3.05) is 25.4 Å². The molecule has 1 heterocycles. The number of carbonyl (C=O) groups excluding carboxylic acids is 1. The van der Waals surface area contributed by atoms with Crippen LogP contribution >= 0.6 is 0 Å². The number of piperidine rings is 1. The minimum Gasteiger partial charge on any atom is -0.505 e. The zero-order valence-corrected chi connectivity index (χ0v) is 11.1. The van der Waals surface area contributed by atoms with Crippen molar-refractivity contribution in [1.82, 2.24) is 4.90 Å². The molecule has 0 radical (unpaired) electrons. The summed E-state index contributed by atoms with van der Waals surface area (Å²) < 4.78 is 5.57. The molecule has 104 valence electrons. The minimum absolute atomic E-state index is 0.0888. The van der Waals surface area contributed by atoms with Crippen molar-refractivity contribution >= 4 is 11.6 Å². The van der Waals surface area contributed by atoms with Crippen LogP contribution in [-0.2, 0) is 4.74 Å². The third-order valence-corrected chi connectivity index (χ3v) is 3.37. The first-order chi connectivity index (χ1) is 9.13. The van der Waals surface area contributed by atoms with Gasteiger partial charge in [-0.2, -0.15) is 0 Å². The second kappa shape index (κ2) is 5.93. The highest BCUT2D eigenvalue weighted by Gasteiger charge is 2.26. The van der Waals surface area contributed by atoms with Crippen molar-refractivity contribution in [2.45, 2.75) is 25.9 Å². The van der Waals surface area contributed by atoms with Crippen molar-refractivity contribution in [1.29, 1.82) is 0 Å². The number of para-hydroxylation sites is 1. The molecule has 0 spiro atoms. The van der Waals surface area contributed by atoms with Crippen LogP contribution in [-0.4, -0.2) is 41.7 Å². The number of hydrogen-bond acceptors (Lipinski definition) is 4. The maximum Gasteiger partial charge on any atom is 0.257 e. The summed E-state index contributed by atoms with van der Waals surface area (Å²) >= 11 is 0. The number of likely N-dealkylation sites (tertiary alicyclic amines) is 1. The third-order valence-electron chi connectivity index (χ3n) is 3.37. The molecule has 5 heteroatoms. The van der Waals surface area contributed by atoms with E-state index in [1.807, 2.05) is 6.92 Å². The summed E-state index contributed by atoms with van der Waals surface area (Å²) in [5, 5.41) is 9.86. The Morgan fingerprint density at radius 1 is 1.58 bits per heavy atom. The van der Waals surface area contributed by atoms with E-state index in [9.17, 15) is 9.90 Å². The Morgan fingerprint density at radius 2 is 2.37 bits per heavy atom. The predicted molar refractivity (Wildman–Crippen MR) is 73.1 cm³/mol. The van der Waals surface area contributed by atoms with Crippen LogP contribution in [0.1, 0.15) is 30.1 Å². The highest BCUT2D eigenvalue weighted by molar-refractivity contribution is 5.98. The van der Waals surface area contributed by atoms with Gasteiger partial charge in [0.05, 0.1) is 17.4 Å². The second-order valence-corrected chi connectivity index (χ2v) is 4.71. The summed E-state index contributed by atoms with van der Waals surface area (Å²) in [6, 6.07) is 4.84. The normalized spacial score (nSPS) is 19.4. The van der Waals surface area contributed by atoms with Gasteiger partial charge in [-0.05, 0) is 31.9 Å². The molecular weight excluding hydrogens is 244 g/mol. The van der Waals surface area contributed by atoms with E-state index in [1.165, 1.54) is 0 Å². The first-order valence-electron chi connectivity index (χ1n) is 6.61. The van der Waals surface area contributed by atoms with Gasteiger partial charge in [0, 0.05) is 19.7 Å². The molecule has 2 rings (SSSR count). The lowest BCUT2D eigenvalue weighted by Gasteiger charge is -2.32. The first kappa shape index (κ1) is 13.7. The molecule has 1 saturated heterocycles. The van der Waals surface area contributed by atoms with Crippen molar-refractivity contribution in [3.63, 3.8) is 0 Å². The minimum atomic E-state index is -0.186. The molecule has 1 aromatic rings. The Morgan fingerprint density at radius 3 is 3.11 bits per heavy atom. The Hall–Kier alpha value is -1.75. The number of benzene rings is 1. The number of nitrogen functional groups attached to an aromatic ring is 1. The van der Waals surface area contributed by atoms with E-state index in [0.717, 1.165) is 12.8 Å². The van der Waals surface area contributed by atoms with E-state index < -0.39 is 0 Å². The zero-order chi connectivity index (χ0) is 13.8. The quantitative estimate of drug-likeness (QED) is 0.642. The Balaban J connectivity index is 2.12. The zero-order valence-electron chi connectivity index (χ0n) is 11.1. The Kier molecular flexibility index (Phi) is 4.27. The molecule has 1 fully saturated rings. The lowest BCUT2D eigenvalue weighted by molar-refractivity contribution is 0.00714. The summed E-state index contributed by atoms with van der Waals surface area (Å²) in [6.07, 6.45) is 1.98. The number of phenols is 1. The number of aromatic hydroxyl groups is 1. The second-order valence-electron chi connectivity index (χ2n) is 4.71. The van der Waals surface area contributed by atoms with Gasteiger partial charge < -0.3 is 20.5 Å². The molecule has 19 heavy (non-hydrogen) atoms. The van der Waals surface area contributed by atoms with Crippen molar-refractivity contribution in [2.24, 2.45) is 0 Å². The van der Waals surface area contributed by atoms with Crippen LogP contribution < -0.4 is 5.73 Å². The van der Waals surface area contributed by atoms with Gasteiger partial charge in [0.1, 0.15) is 0 Å². The first-order valence-corrected chi connectivity index (χ1v) is 6.61. The SMILES string of the molecule is CCOC1CCCN(C(=O)c2cccc(N)c2O)C1. The summed E-state index contributed by atoms with van der Waals surface area (Å²) in [6.45, 7) is 3.86. The molecular formula is C14H20N2O3. The maximum atomic E-state index is 12.4. The number of ether oxygens (including phenoxy) is 1. The molecule has 3 N–H and O–H groups in total. The van der Waals surface area contributed by atoms with E-state index in [1.54, 1.807) is 23.1 Å². The molecule has 1 aliphatic heterocycles. The van der Waals surface area contributed by atoms with Crippen LogP contribution in [0.3, 0.4) is 0 Å². The number of nitrogens with two attached hydrogens (primary N) is 1. The smallest absolute Gasteiger partial charge is 0.257 e. The predicted octanol–water partition coefficient (Wildman–Crippen LogP) is 1.62. The number of anilines is 1. The number of rotatable bonds is 3. The number of carbonyl (C=O) groups is 1. The summed E-state index contributed by atoms with van der Waals surface area (Å²) in [5.41, 5.74) is 6.10. The van der Waals surface area contributed by atoms with E-state index in [-0.39, 0.29) is 29.0 Å².